The lowest BCUT2D eigenvalue weighted by atomic mass is 9.81. The maximum atomic E-state index is 13.0. The van der Waals surface area contributed by atoms with E-state index in [9.17, 15) is 21.6 Å². The lowest BCUT2D eigenvalue weighted by Crippen LogP contribution is -2.32. The molecular formula is C23H22F3NO4S. The molecule has 2 aliphatic rings. The maximum absolute atomic E-state index is 13.0. The van der Waals surface area contributed by atoms with Gasteiger partial charge in [-0.2, -0.15) is 21.6 Å². The number of fused-ring (bicyclic) bond motifs is 5. The van der Waals surface area contributed by atoms with Gasteiger partial charge in [-0.1, -0.05) is 24.3 Å². The third-order valence-electron chi connectivity index (χ3n) is 5.39. The molecule has 2 aliphatic heterocycles. The molecule has 2 aromatic rings. The fourth-order valence-corrected chi connectivity index (χ4v) is 4.81. The number of rotatable bonds is 4. The molecule has 0 spiro atoms. The van der Waals surface area contributed by atoms with Crippen molar-refractivity contribution < 1.29 is 30.5 Å². The van der Waals surface area contributed by atoms with E-state index in [0.29, 0.717) is 12.0 Å². The van der Waals surface area contributed by atoms with Crippen molar-refractivity contribution >= 4 is 21.4 Å². The summed E-state index contributed by atoms with van der Waals surface area (Å²) >= 11 is 0. The summed E-state index contributed by atoms with van der Waals surface area (Å²) in [7, 11) is -5.85. The van der Waals surface area contributed by atoms with Gasteiger partial charge in [0.25, 0.3) is 0 Å². The molecule has 0 amide bonds. The smallest absolute Gasteiger partial charge is 0.485 e. The standard InChI is InChI=1S/C23H22F3NO4S/c1-5-7-16-21-14(10-11-15-19(21)13(2)12-22(3,4)27-15)20-17(30-16)8-6-9-18(20)31-32(28,29)23(24,25)26/h5-6,8-12,16,27H,1,7H2,2-4H3/t16-/m0/s1. The molecule has 4 rings (SSSR count). The second-order valence-electron chi connectivity index (χ2n) is 8.37. The van der Waals surface area contributed by atoms with Gasteiger partial charge in [-0.05, 0) is 50.1 Å². The number of benzene rings is 2. The van der Waals surface area contributed by atoms with Crippen molar-refractivity contribution in [3.8, 4) is 22.6 Å². The molecule has 32 heavy (non-hydrogen) atoms. The topological polar surface area (TPSA) is 64.6 Å². The normalized spacial score (nSPS) is 18.8. The predicted molar refractivity (Wildman–Crippen MR) is 117 cm³/mol. The summed E-state index contributed by atoms with van der Waals surface area (Å²) in [6, 6.07) is 7.74. The summed E-state index contributed by atoms with van der Waals surface area (Å²) < 4.78 is 73.1. The van der Waals surface area contributed by atoms with Crippen LogP contribution < -0.4 is 14.2 Å². The van der Waals surface area contributed by atoms with Crippen LogP contribution >= 0.6 is 0 Å². The van der Waals surface area contributed by atoms with Crippen LogP contribution in [0.1, 0.15) is 44.4 Å². The van der Waals surface area contributed by atoms with Crippen LogP contribution in [0.5, 0.6) is 11.5 Å². The Morgan fingerprint density at radius 2 is 1.94 bits per heavy atom. The second-order valence-corrected chi connectivity index (χ2v) is 9.90. The summed E-state index contributed by atoms with van der Waals surface area (Å²) in [5, 5.41) is 3.44. The first-order valence-electron chi connectivity index (χ1n) is 9.91. The second kappa shape index (κ2) is 7.30. The maximum Gasteiger partial charge on any atom is 0.534 e. The molecule has 0 aliphatic carbocycles. The molecular weight excluding hydrogens is 443 g/mol. The molecule has 0 radical (unpaired) electrons. The quantitative estimate of drug-likeness (QED) is 0.331. The van der Waals surface area contributed by atoms with Crippen LogP contribution in [-0.4, -0.2) is 19.5 Å². The molecule has 9 heteroatoms. The van der Waals surface area contributed by atoms with E-state index < -0.39 is 27.5 Å². The van der Waals surface area contributed by atoms with Crippen molar-refractivity contribution in [1.82, 2.24) is 0 Å². The largest absolute Gasteiger partial charge is 0.534 e. The minimum atomic E-state index is -5.85. The molecule has 0 fully saturated rings. The molecule has 0 bridgehead atoms. The van der Waals surface area contributed by atoms with E-state index in [0.717, 1.165) is 22.4 Å². The van der Waals surface area contributed by atoms with Crippen LogP contribution in [-0.2, 0) is 10.1 Å². The number of hydrogen-bond acceptors (Lipinski definition) is 5. The van der Waals surface area contributed by atoms with Crippen molar-refractivity contribution in [3.05, 3.63) is 60.2 Å². The van der Waals surface area contributed by atoms with Crippen LogP contribution in [0.15, 0.2) is 49.1 Å². The van der Waals surface area contributed by atoms with Gasteiger partial charge in [0.05, 0.1) is 11.1 Å². The molecule has 0 saturated carbocycles. The summed E-state index contributed by atoms with van der Waals surface area (Å²) in [5.41, 5.74) is -1.68. The van der Waals surface area contributed by atoms with Crippen LogP contribution in [0.2, 0.25) is 0 Å². The van der Waals surface area contributed by atoms with Crippen LogP contribution in [0.25, 0.3) is 16.7 Å². The van der Waals surface area contributed by atoms with Crippen molar-refractivity contribution in [2.24, 2.45) is 0 Å². The number of hydrogen-bond donors (Lipinski definition) is 1. The average molecular weight is 465 g/mol. The predicted octanol–water partition coefficient (Wildman–Crippen LogP) is 6.20. The minimum Gasteiger partial charge on any atom is -0.485 e. The Morgan fingerprint density at radius 1 is 1.22 bits per heavy atom. The fraction of sp³-hybridized carbons (Fsp3) is 0.304. The lowest BCUT2D eigenvalue weighted by Gasteiger charge is -2.37. The molecule has 1 atom stereocenters. The number of anilines is 1. The van der Waals surface area contributed by atoms with Gasteiger partial charge < -0.3 is 14.2 Å². The summed E-state index contributed by atoms with van der Waals surface area (Å²) in [5.74, 6) is -0.200. The molecule has 0 aromatic heterocycles. The summed E-state index contributed by atoms with van der Waals surface area (Å²) in [6.07, 6.45) is 3.76. The Balaban J connectivity index is 1.97. The van der Waals surface area contributed by atoms with Crippen molar-refractivity contribution in [2.45, 2.75) is 44.3 Å². The molecule has 0 saturated heterocycles. The lowest BCUT2D eigenvalue weighted by molar-refractivity contribution is -0.0500. The first-order chi connectivity index (χ1) is 14.8. The Bertz CT molecular complexity index is 1250. The van der Waals surface area contributed by atoms with E-state index in [-0.39, 0.29) is 16.9 Å². The Labute approximate surface area is 184 Å². The fourth-order valence-electron chi connectivity index (χ4n) is 4.34. The number of allylic oxidation sites excluding steroid dienone is 1. The van der Waals surface area contributed by atoms with Crippen LogP contribution in [0, 0.1) is 0 Å². The van der Waals surface area contributed by atoms with Gasteiger partial charge in [-0.3, -0.25) is 0 Å². The monoisotopic (exact) mass is 465 g/mol. The van der Waals surface area contributed by atoms with Gasteiger partial charge >= 0.3 is 15.6 Å². The zero-order valence-electron chi connectivity index (χ0n) is 17.7. The minimum absolute atomic E-state index is 0.163. The molecule has 1 N–H and O–H groups in total. The van der Waals surface area contributed by atoms with Gasteiger partial charge in [0.15, 0.2) is 5.75 Å². The Morgan fingerprint density at radius 3 is 2.59 bits per heavy atom. The van der Waals surface area contributed by atoms with E-state index in [1.54, 1.807) is 18.2 Å². The highest BCUT2D eigenvalue weighted by molar-refractivity contribution is 7.88. The average Bonchev–Trinajstić information content (AvgIpc) is 2.65. The molecule has 0 unspecified atom stereocenters. The third-order valence-corrected chi connectivity index (χ3v) is 6.35. The van der Waals surface area contributed by atoms with Gasteiger partial charge in [0, 0.05) is 23.2 Å². The zero-order chi connectivity index (χ0) is 23.5. The first-order valence-corrected chi connectivity index (χ1v) is 11.3. The van der Waals surface area contributed by atoms with Crippen molar-refractivity contribution in [2.75, 3.05) is 5.32 Å². The molecule has 2 aromatic carbocycles. The molecule has 5 nitrogen and oxygen atoms in total. The van der Waals surface area contributed by atoms with E-state index in [2.05, 4.69) is 22.2 Å². The van der Waals surface area contributed by atoms with Crippen molar-refractivity contribution in [1.29, 1.82) is 0 Å². The SMILES string of the molecule is C=CC[C@@H]1Oc2cccc(OS(=O)(=O)C(F)(F)F)c2-c2ccc3c(c21)C(C)=CC(C)(C)N3. The number of halogens is 3. The van der Waals surface area contributed by atoms with Crippen LogP contribution in [0.3, 0.4) is 0 Å². The van der Waals surface area contributed by atoms with Gasteiger partial charge in [0.1, 0.15) is 11.9 Å². The van der Waals surface area contributed by atoms with Crippen molar-refractivity contribution in [3.63, 3.8) is 0 Å². The van der Waals surface area contributed by atoms with E-state index in [4.69, 9.17) is 4.74 Å². The highest BCUT2D eigenvalue weighted by Crippen LogP contribution is 2.53. The Kier molecular flexibility index (Phi) is 5.08. The van der Waals surface area contributed by atoms with Gasteiger partial charge in [0.2, 0.25) is 0 Å². The number of nitrogens with one attached hydrogen (secondary N) is 1. The molecule has 2 heterocycles. The van der Waals surface area contributed by atoms with E-state index in [1.165, 1.54) is 12.1 Å². The number of ether oxygens (including phenoxy) is 1. The highest BCUT2D eigenvalue weighted by Gasteiger charge is 2.49. The van der Waals surface area contributed by atoms with Gasteiger partial charge in [-0.25, -0.2) is 0 Å². The van der Waals surface area contributed by atoms with Gasteiger partial charge in [-0.15, -0.1) is 6.58 Å². The first kappa shape index (κ1) is 22.3. The summed E-state index contributed by atoms with van der Waals surface area (Å²) in [4.78, 5) is 0. The molecule has 170 valence electrons. The van der Waals surface area contributed by atoms with E-state index in [1.807, 2.05) is 26.8 Å². The third kappa shape index (κ3) is 3.64. The Hall–Kier alpha value is -2.94. The highest BCUT2D eigenvalue weighted by atomic mass is 32.2. The van der Waals surface area contributed by atoms with E-state index >= 15 is 0 Å². The summed E-state index contributed by atoms with van der Waals surface area (Å²) in [6.45, 7) is 9.80. The van der Waals surface area contributed by atoms with Crippen LogP contribution in [0.4, 0.5) is 18.9 Å². The number of alkyl halides is 3. The zero-order valence-corrected chi connectivity index (χ0v) is 18.5.